The molecule has 1 aliphatic rings. The average Bonchev–Trinajstić information content (AvgIpc) is 2.79. The highest BCUT2D eigenvalue weighted by Crippen LogP contribution is 2.22. The summed E-state index contributed by atoms with van der Waals surface area (Å²) in [4.78, 5) is 27.1. The van der Waals surface area contributed by atoms with Gasteiger partial charge in [-0.15, -0.1) is 0 Å². The summed E-state index contributed by atoms with van der Waals surface area (Å²) in [6.45, 7) is 2.22. The van der Waals surface area contributed by atoms with Crippen molar-refractivity contribution in [2.24, 2.45) is 0 Å². The maximum absolute atomic E-state index is 14.0. The Hall–Kier alpha value is -3.48. The Balaban J connectivity index is 1.40. The second-order valence-electron chi connectivity index (χ2n) is 6.90. The predicted molar refractivity (Wildman–Crippen MR) is 111 cm³/mol. The van der Waals surface area contributed by atoms with Crippen LogP contribution in [0.15, 0.2) is 67.0 Å². The molecule has 0 saturated carbocycles. The van der Waals surface area contributed by atoms with Crippen LogP contribution in [-0.2, 0) is 0 Å². The van der Waals surface area contributed by atoms with Crippen molar-refractivity contribution in [2.75, 3.05) is 43.0 Å². The van der Waals surface area contributed by atoms with E-state index >= 15 is 0 Å². The number of amides is 1. The smallest absolute Gasteiger partial charge is 0.257 e. The van der Waals surface area contributed by atoms with E-state index in [0.29, 0.717) is 43.4 Å². The van der Waals surface area contributed by atoms with Crippen molar-refractivity contribution in [3.63, 3.8) is 0 Å². The van der Waals surface area contributed by atoms with Gasteiger partial charge in [0.1, 0.15) is 5.82 Å². The van der Waals surface area contributed by atoms with E-state index in [4.69, 9.17) is 0 Å². The van der Waals surface area contributed by atoms with E-state index in [1.54, 1.807) is 29.4 Å². The molecule has 0 spiro atoms. The summed E-state index contributed by atoms with van der Waals surface area (Å²) in [6.07, 6.45) is 3.13. The molecule has 0 unspecified atom stereocenters. The van der Waals surface area contributed by atoms with E-state index < -0.39 is 0 Å². The van der Waals surface area contributed by atoms with Gasteiger partial charge in [0.25, 0.3) is 5.91 Å². The Kier molecular flexibility index (Phi) is 5.37. The first-order valence-corrected chi connectivity index (χ1v) is 9.53. The zero-order valence-corrected chi connectivity index (χ0v) is 16.2. The summed E-state index contributed by atoms with van der Waals surface area (Å²) < 4.78 is 14.0. The molecular formula is C22H22FN5O. The number of rotatable bonds is 4. The van der Waals surface area contributed by atoms with Crippen LogP contribution in [0.4, 0.5) is 21.7 Å². The van der Waals surface area contributed by atoms with Gasteiger partial charge in [-0.3, -0.25) is 4.79 Å². The van der Waals surface area contributed by atoms with Gasteiger partial charge in [0.2, 0.25) is 5.95 Å². The number of hydrogen-bond donors (Lipinski definition) is 0. The number of carbonyl (C=O) groups excluding carboxylic acids is 1. The van der Waals surface area contributed by atoms with E-state index in [0.717, 1.165) is 5.69 Å². The van der Waals surface area contributed by atoms with E-state index in [-0.39, 0.29) is 11.7 Å². The Labute approximate surface area is 169 Å². The molecule has 3 aromatic rings. The molecule has 0 radical (unpaired) electrons. The lowest BCUT2D eigenvalue weighted by Crippen LogP contribution is -2.49. The third kappa shape index (κ3) is 4.03. The largest absolute Gasteiger partial charge is 0.366 e. The van der Waals surface area contributed by atoms with Gasteiger partial charge in [-0.2, -0.15) is 0 Å². The highest BCUT2D eigenvalue weighted by atomic mass is 19.1. The van der Waals surface area contributed by atoms with Crippen LogP contribution in [0.2, 0.25) is 0 Å². The quantitative estimate of drug-likeness (QED) is 0.683. The summed E-state index contributed by atoms with van der Waals surface area (Å²) >= 11 is 0. The van der Waals surface area contributed by atoms with Crippen LogP contribution in [0.1, 0.15) is 10.4 Å². The monoisotopic (exact) mass is 391 g/mol. The third-order valence-electron chi connectivity index (χ3n) is 5.09. The van der Waals surface area contributed by atoms with Crippen molar-refractivity contribution in [3.8, 4) is 0 Å². The fraction of sp³-hybridized carbons (Fsp3) is 0.227. The molecule has 2 aromatic carbocycles. The van der Waals surface area contributed by atoms with E-state index in [9.17, 15) is 9.18 Å². The summed E-state index contributed by atoms with van der Waals surface area (Å²) in [5.74, 6) is 0.183. The number of nitrogens with zero attached hydrogens (tertiary/aromatic N) is 5. The van der Waals surface area contributed by atoms with Crippen molar-refractivity contribution in [2.45, 2.75) is 0 Å². The maximum atomic E-state index is 14.0. The lowest BCUT2D eigenvalue weighted by molar-refractivity contribution is 0.0746. The van der Waals surface area contributed by atoms with Crippen LogP contribution >= 0.6 is 0 Å². The molecule has 1 aromatic heterocycles. The SMILES string of the molecule is CN(c1ccccc1)c1ncc(C(=O)N2CCN(c3ccccc3F)CC2)cn1. The standard InChI is InChI=1S/C22H22FN5O/c1-26(18-7-3-2-4-8-18)22-24-15-17(16-25-22)21(29)28-13-11-27(12-14-28)20-10-6-5-9-19(20)23/h2-10,15-16H,11-14H2,1H3. The molecular weight excluding hydrogens is 369 g/mol. The second-order valence-corrected chi connectivity index (χ2v) is 6.90. The van der Waals surface area contributed by atoms with E-state index in [2.05, 4.69) is 9.97 Å². The average molecular weight is 391 g/mol. The Morgan fingerprint density at radius 3 is 2.21 bits per heavy atom. The minimum absolute atomic E-state index is 0.105. The fourth-order valence-electron chi connectivity index (χ4n) is 3.41. The van der Waals surface area contributed by atoms with Gasteiger partial charge in [-0.25, -0.2) is 14.4 Å². The lowest BCUT2D eigenvalue weighted by Gasteiger charge is -2.36. The van der Waals surface area contributed by atoms with Gasteiger partial charge in [-0.05, 0) is 24.3 Å². The molecule has 0 atom stereocenters. The minimum Gasteiger partial charge on any atom is -0.366 e. The van der Waals surface area contributed by atoms with Crippen molar-refractivity contribution < 1.29 is 9.18 Å². The van der Waals surface area contributed by atoms with Crippen LogP contribution in [0.5, 0.6) is 0 Å². The number of hydrogen-bond acceptors (Lipinski definition) is 5. The van der Waals surface area contributed by atoms with Gasteiger partial charge < -0.3 is 14.7 Å². The van der Waals surface area contributed by atoms with Gasteiger partial charge >= 0.3 is 0 Å². The highest BCUT2D eigenvalue weighted by Gasteiger charge is 2.24. The molecule has 1 fully saturated rings. The van der Waals surface area contributed by atoms with Crippen LogP contribution in [0.3, 0.4) is 0 Å². The zero-order chi connectivity index (χ0) is 20.2. The summed E-state index contributed by atoms with van der Waals surface area (Å²) in [6, 6.07) is 16.5. The summed E-state index contributed by atoms with van der Waals surface area (Å²) in [5, 5.41) is 0. The Bertz CT molecular complexity index is 972. The lowest BCUT2D eigenvalue weighted by atomic mass is 10.2. The molecule has 7 heteroatoms. The molecule has 1 aliphatic heterocycles. The number of carbonyl (C=O) groups is 1. The Morgan fingerprint density at radius 1 is 0.931 bits per heavy atom. The van der Waals surface area contributed by atoms with Crippen molar-refractivity contribution in [1.29, 1.82) is 0 Å². The summed E-state index contributed by atoms with van der Waals surface area (Å²) in [5.41, 5.74) is 2.00. The molecule has 1 saturated heterocycles. The number of anilines is 3. The highest BCUT2D eigenvalue weighted by molar-refractivity contribution is 5.94. The van der Waals surface area contributed by atoms with Crippen molar-refractivity contribution in [1.82, 2.24) is 14.9 Å². The molecule has 0 bridgehead atoms. The molecule has 0 N–H and O–H groups in total. The number of aromatic nitrogens is 2. The number of halogens is 1. The molecule has 0 aliphatic carbocycles. The summed E-state index contributed by atoms with van der Waals surface area (Å²) in [7, 11) is 1.88. The first kappa shape index (κ1) is 18.9. The van der Waals surface area contributed by atoms with Crippen molar-refractivity contribution in [3.05, 3.63) is 78.4 Å². The molecule has 29 heavy (non-hydrogen) atoms. The zero-order valence-electron chi connectivity index (χ0n) is 16.2. The minimum atomic E-state index is -0.237. The van der Waals surface area contributed by atoms with Crippen LogP contribution in [0.25, 0.3) is 0 Å². The fourth-order valence-corrected chi connectivity index (χ4v) is 3.41. The van der Waals surface area contributed by atoms with Crippen LogP contribution in [0, 0.1) is 5.82 Å². The molecule has 4 rings (SSSR count). The third-order valence-corrected chi connectivity index (χ3v) is 5.09. The molecule has 6 nitrogen and oxygen atoms in total. The molecule has 148 valence electrons. The molecule has 1 amide bonds. The normalized spacial score (nSPS) is 14.0. The van der Waals surface area contributed by atoms with E-state index in [1.807, 2.05) is 53.2 Å². The Morgan fingerprint density at radius 2 is 1.55 bits per heavy atom. The molecule has 2 heterocycles. The van der Waals surface area contributed by atoms with E-state index in [1.165, 1.54) is 6.07 Å². The van der Waals surface area contributed by atoms with Gasteiger partial charge in [0.15, 0.2) is 0 Å². The second kappa shape index (κ2) is 8.26. The number of para-hydroxylation sites is 2. The maximum Gasteiger partial charge on any atom is 0.257 e. The van der Waals surface area contributed by atoms with Gasteiger partial charge in [0, 0.05) is 51.3 Å². The van der Waals surface area contributed by atoms with Crippen molar-refractivity contribution >= 4 is 23.2 Å². The topological polar surface area (TPSA) is 52.6 Å². The van der Waals surface area contributed by atoms with Crippen LogP contribution in [-0.4, -0.2) is 54.0 Å². The first-order valence-electron chi connectivity index (χ1n) is 9.53. The first-order chi connectivity index (χ1) is 14.1. The number of benzene rings is 2. The number of piperazine rings is 1. The van der Waals surface area contributed by atoms with Gasteiger partial charge in [-0.1, -0.05) is 30.3 Å². The van der Waals surface area contributed by atoms with Crippen LogP contribution < -0.4 is 9.80 Å². The van der Waals surface area contributed by atoms with Gasteiger partial charge in [0.05, 0.1) is 11.3 Å². The predicted octanol–water partition coefficient (Wildman–Crippen LogP) is 3.35.